The van der Waals surface area contributed by atoms with Gasteiger partial charge in [0.1, 0.15) is 6.07 Å². The molecule has 0 fully saturated rings. The van der Waals surface area contributed by atoms with Crippen LogP contribution < -0.4 is 0 Å². The van der Waals surface area contributed by atoms with Crippen LogP contribution in [0.2, 0.25) is 0 Å². The highest BCUT2D eigenvalue weighted by Gasteiger charge is 2.34. The maximum absolute atomic E-state index is 10.4. The Labute approximate surface area is 128 Å². The van der Waals surface area contributed by atoms with Crippen molar-refractivity contribution in [2.75, 3.05) is 13.6 Å². The van der Waals surface area contributed by atoms with E-state index in [0.29, 0.717) is 5.56 Å². The van der Waals surface area contributed by atoms with Gasteiger partial charge >= 0.3 is 0 Å². The van der Waals surface area contributed by atoms with Gasteiger partial charge in [-0.15, -0.1) is 0 Å². The van der Waals surface area contributed by atoms with Crippen molar-refractivity contribution in [3.63, 3.8) is 0 Å². The molecule has 0 saturated heterocycles. The van der Waals surface area contributed by atoms with Crippen LogP contribution in [0.5, 0.6) is 11.5 Å². The molecule has 1 heterocycles. The minimum Gasteiger partial charge on any atom is -0.504 e. The summed E-state index contributed by atoms with van der Waals surface area (Å²) in [7, 11) is 2.11. The lowest BCUT2D eigenvalue weighted by molar-refractivity contribution is 0.228. The predicted molar refractivity (Wildman–Crippen MR) is 82.7 cm³/mol. The van der Waals surface area contributed by atoms with Crippen LogP contribution in [0.1, 0.15) is 28.3 Å². The Hall–Kier alpha value is -2.51. The number of hydrogen-bond acceptors (Lipinski definition) is 4. The summed E-state index contributed by atoms with van der Waals surface area (Å²) in [5.41, 5.74) is 5.29. The average molecular weight is 292 g/mol. The van der Waals surface area contributed by atoms with E-state index in [4.69, 9.17) is 5.26 Å². The number of aromatic hydroxyl groups is 2. The SMILES string of the molecule is CN1CCc2cccc3c2C1Cc1cc(C#N)c(O)c(O)c1-3. The van der Waals surface area contributed by atoms with Crippen LogP contribution in [0.3, 0.4) is 0 Å². The highest BCUT2D eigenvalue weighted by Crippen LogP contribution is 2.50. The highest BCUT2D eigenvalue weighted by molar-refractivity contribution is 5.83. The van der Waals surface area contributed by atoms with Gasteiger partial charge in [0.15, 0.2) is 11.5 Å². The van der Waals surface area contributed by atoms with Gasteiger partial charge in [-0.3, -0.25) is 4.90 Å². The van der Waals surface area contributed by atoms with Gasteiger partial charge in [-0.1, -0.05) is 18.2 Å². The molecule has 0 bridgehead atoms. The van der Waals surface area contributed by atoms with E-state index >= 15 is 0 Å². The van der Waals surface area contributed by atoms with E-state index in [9.17, 15) is 10.2 Å². The van der Waals surface area contributed by atoms with Gasteiger partial charge < -0.3 is 10.2 Å². The Kier molecular flexibility index (Phi) is 2.69. The first kappa shape index (κ1) is 13.2. The molecule has 4 nitrogen and oxygen atoms in total. The normalized spacial score (nSPS) is 19.2. The number of benzene rings is 2. The van der Waals surface area contributed by atoms with E-state index in [1.165, 1.54) is 11.1 Å². The zero-order valence-corrected chi connectivity index (χ0v) is 12.3. The number of hydrogen-bond donors (Lipinski definition) is 2. The Morgan fingerprint density at radius 3 is 2.82 bits per heavy atom. The Morgan fingerprint density at radius 1 is 1.23 bits per heavy atom. The maximum atomic E-state index is 10.4. The van der Waals surface area contributed by atoms with E-state index in [1.54, 1.807) is 6.07 Å². The van der Waals surface area contributed by atoms with Gasteiger partial charge in [0, 0.05) is 18.2 Å². The van der Waals surface area contributed by atoms with Crippen molar-refractivity contribution in [3.05, 3.63) is 46.5 Å². The number of phenolic OH excluding ortho intramolecular Hbond substituents is 2. The summed E-state index contributed by atoms with van der Waals surface area (Å²) >= 11 is 0. The van der Waals surface area contributed by atoms with Crippen molar-refractivity contribution in [3.8, 4) is 28.7 Å². The monoisotopic (exact) mass is 292 g/mol. The fourth-order valence-electron chi connectivity index (χ4n) is 3.84. The number of rotatable bonds is 0. The summed E-state index contributed by atoms with van der Waals surface area (Å²) in [5.74, 6) is -0.490. The molecule has 1 aliphatic heterocycles. The molecule has 0 spiro atoms. The molecule has 2 aliphatic rings. The van der Waals surface area contributed by atoms with Crippen molar-refractivity contribution in [1.29, 1.82) is 5.26 Å². The van der Waals surface area contributed by atoms with Crippen LogP contribution in [0.4, 0.5) is 0 Å². The number of nitriles is 1. The molecule has 0 saturated carbocycles. The second-order valence-corrected chi connectivity index (χ2v) is 6.10. The number of phenols is 2. The lowest BCUT2D eigenvalue weighted by Crippen LogP contribution is -2.35. The lowest BCUT2D eigenvalue weighted by atomic mass is 9.76. The number of fused-ring (bicyclic) bond motifs is 2. The standard InChI is InChI=1S/C18H16N2O2/c1-20-6-5-10-3-2-4-13-15(10)14(20)8-11-7-12(9-19)17(21)18(22)16(11)13/h2-4,7,14,21-22H,5-6,8H2,1H3. The molecule has 4 rings (SSSR count). The summed E-state index contributed by atoms with van der Waals surface area (Å²) in [5, 5.41) is 29.6. The molecule has 0 amide bonds. The Bertz CT molecular complexity index is 836. The number of likely N-dealkylation sites (N-methyl/N-ethyl adjacent to an activating group) is 1. The molecule has 2 aromatic rings. The Balaban J connectivity index is 2.06. The fourth-order valence-corrected chi connectivity index (χ4v) is 3.84. The van der Waals surface area contributed by atoms with Crippen molar-refractivity contribution >= 4 is 0 Å². The van der Waals surface area contributed by atoms with Gasteiger partial charge in [0.2, 0.25) is 0 Å². The molecule has 1 unspecified atom stereocenters. The summed E-state index contributed by atoms with van der Waals surface area (Å²) in [6, 6.07) is 10.1. The third kappa shape index (κ3) is 1.60. The summed E-state index contributed by atoms with van der Waals surface area (Å²) in [6.07, 6.45) is 1.74. The molecule has 1 aliphatic carbocycles. The molecule has 2 N–H and O–H groups in total. The molecule has 110 valence electrons. The lowest BCUT2D eigenvalue weighted by Gasteiger charge is -2.39. The average Bonchev–Trinajstić information content (AvgIpc) is 2.53. The van der Waals surface area contributed by atoms with E-state index in [2.05, 4.69) is 18.0 Å². The van der Waals surface area contributed by atoms with Crippen LogP contribution in [-0.4, -0.2) is 28.7 Å². The smallest absolute Gasteiger partial charge is 0.176 e. The van der Waals surface area contributed by atoms with Crippen LogP contribution in [-0.2, 0) is 12.8 Å². The van der Waals surface area contributed by atoms with Gasteiger partial charge in [0.25, 0.3) is 0 Å². The second kappa shape index (κ2) is 4.49. The Morgan fingerprint density at radius 2 is 2.05 bits per heavy atom. The summed E-state index contributed by atoms with van der Waals surface area (Å²) in [4.78, 5) is 2.32. The molecular weight excluding hydrogens is 276 g/mol. The summed E-state index contributed by atoms with van der Waals surface area (Å²) < 4.78 is 0. The van der Waals surface area contributed by atoms with E-state index in [1.807, 2.05) is 18.2 Å². The van der Waals surface area contributed by atoms with Gasteiger partial charge in [-0.05, 0) is 48.2 Å². The van der Waals surface area contributed by atoms with Crippen molar-refractivity contribution in [2.45, 2.75) is 18.9 Å². The predicted octanol–water partition coefficient (Wildman–Crippen LogP) is 2.72. The van der Waals surface area contributed by atoms with Crippen LogP contribution in [0.25, 0.3) is 11.1 Å². The van der Waals surface area contributed by atoms with Crippen molar-refractivity contribution < 1.29 is 10.2 Å². The minimum absolute atomic E-state index is 0.134. The molecule has 2 aromatic carbocycles. The van der Waals surface area contributed by atoms with Gasteiger partial charge in [0.05, 0.1) is 5.56 Å². The quantitative estimate of drug-likeness (QED) is 0.733. The minimum atomic E-state index is -0.318. The van der Waals surface area contributed by atoms with Gasteiger partial charge in [-0.25, -0.2) is 0 Å². The third-order valence-electron chi connectivity index (χ3n) is 4.95. The highest BCUT2D eigenvalue weighted by atomic mass is 16.3. The molecule has 4 heteroatoms. The first-order valence-corrected chi connectivity index (χ1v) is 7.42. The van der Waals surface area contributed by atoms with E-state index in [-0.39, 0.29) is 23.1 Å². The van der Waals surface area contributed by atoms with Crippen molar-refractivity contribution in [1.82, 2.24) is 4.90 Å². The number of nitrogens with zero attached hydrogens (tertiary/aromatic N) is 2. The van der Waals surface area contributed by atoms with Crippen LogP contribution >= 0.6 is 0 Å². The molecular formula is C18H16N2O2. The van der Waals surface area contributed by atoms with Gasteiger partial charge in [-0.2, -0.15) is 5.26 Å². The van der Waals surface area contributed by atoms with E-state index < -0.39 is 0 Å². The third-order valence-corrected chi connectivity index (χ3v) is 4.95. The fraction of sp³-hybridized carbons (Fsp3) is 0.278. The van der Waals surface area contributed by atoms with Crippen LogP contribution in [0, 0.1) is 11.3 Å². The van der Waals surface area contributed by atoms with E-state index in [0.717, 1.165) is 30.5 Å². The first-order chi connectivity index (χ1) is 10.6. The van der Waals surface area contributed by atoms with Crippen molar-refractivity contribution in [2.24, 2.45) is 0 Å². The molecule has 0 radical (unpaired) electrons. The zero-order chi connectivity index (χ0) is 15.4. The summed E-state index contributed by atoms with van der Waals surface area (Å²) in [6.45, 7) is 1.01. The maximum Gasteiger partial charge on any atom is 0.176 e. The second-order valence-electron chi connectivity index (χ2n) is 6.10. The topological polar surface area (TPSA) is 67.5 Å². The molecule has 22 heavy (non-hydrogen) atoms. The largest absolute Gasteiger partial charge is 0.504 e. The zero-order valence-electron chi connectivity index (χ0n) is 12.3. The molecule has 1 atom stereocenters. The van der Waals surface area contributed by atoms with Crippen LogP contribution in [0.15, 0.2) is 24.3 Å². The first-order valence-electron chi connectivity index (χ1n) is 7.42. The molecule has 0 aromatic heterocycles.